The molecule has 4 aromatic rings. The summed E-state index contributed by atoms with van der Waals surface area (Å²) in [5.41, 5.74) is 5.02. The van der Waals surface area contributed by atoms with E-state index in [-0.39, 0.29) is 23.4 Å². The highest BCUT2D eigenvalue weighted by Gasteiger charge is 2.34. The number of fused-ring (bicyclic) bond motifs is 2. The van der Waals surface area contributed by atoms with E-state index in [2.05, 4.69) is 11.9 Å². The minimum Gasteiger partial charge on any atom is -0.504 e. The maximum Gasteiger partial charge on any atom is 0.254 e. The Morgan fingerprint density at radius 2 is 1.51 bits per heavy atom. The number of rotatable bonds is 10. The van der Waals surface area contributed by atoms with Crippen molar-refractivity contribution in [1.29, 1.82) is 0 Å². The minimum absolute atomic E-state index is 0.0519. The zero-order valence-corrected chi connectivity index (χ0v) is 27.2. The average Bonchev–Trinajstić information content (AvgIpc) is 3.09. The van der Waals surface area contributed by atoms with Gasteiger partial charge in [0.25, 0.3) is 5.91 Å². The van der Waals surface area contributed by atoms with Gasteiger partial charge >= 0.3 is 0 Å². The number of amides is 1. The largest absolute Gasteiger partial charge is 0.504 e. The molecule has 2 heterocycles. The fourth-order valence-electron chi connectivity index (χ4n) is 6.31. The summed E-state index contributed by atoms with van der Waals surface area (Å²) in [5, 5.41) is 10.2. The van der Waals surface area contributed by atoms with E-state index in [4.69, 9.17) is 23.7 Å². The lowest BCUT2D eigenvalue weighted by Crippen LogP contribution is -2.34. The quantitative estimate of drug-likeness (QED) is 0.203. The highest BCUT2D eigenvalue weighted by molar-refractivity contribution is 5.97. The zero-order valence-electron chi connectivity index (χ0n) is 27.2. The number of phenolic OH excluding ortho intramolecular Hbond substituents is 1. The Balaban J connectivity index is 1.37. The topological polar surface area (TPSA) is 107 Å². The summed E-state index contributed by atoms with van der Waals surface area (Å²) in [4.78, 5) is 28.3. The number of carbonyl (C=O) groups excluding carboxylic acids is 2. The summed E-state index contributed by atoms with van der Waals surface area (Å²) in [7, 11) is 8.66. The van der Waals surface area contributed by atoms with Crippen molar-refractivity contribution >= 4 is 12.2 Å². The van der Waals surface area contributed by atoms with Gasteiger partial charge in [0, 0.05) is 42.9 Å². The number of carbonyl (C=O) groups is 2. The van der Waals surface area contributed by atoms with Gasteiger partial charge in [0.05, 0.1) is 21.3 Å². The van der Waals surface area contributed by atoms with Crippen LogP contribution in [0.5, 0.6) is 46.0 Å². The number of nitrogens with zero attached hydrogens (tertiary/aromatic N) is 2. The second kappa shape index (κ2) is 13.3. The van der Waals surface area contributed by atoms with Gasteiger partial charge in [0.15, 0.2) is 34.5 Å². The Labute approximate surface area is 274 Å². The van der Waals surface area contributed by atoms with Crippen LogP contribution in [-0.4, -0.2) is 75.6 Å². The molecule has 6 rings (SSSR count). The van der Waals surface area contributed by atoms with E-state index < -0.39 is 0 Å². The van der Waals surface area contributed by atoms with Gasteiger partial charge in [-0.25, -0.2) is 0 Å². The van der Waals surface area contributed by atoms with E-state index in [0.717, 1.165) is 41.6 Å². The molecule has 1 atom stereocenters. The number of aromatic hydroxyl groups is 1. The van der Waals surface area contributed by atoms with Crippen molar-refractivity contribution in [3.63, 3.8) is 0 Å². The molecular formula is C37H38N2O8. The molecule has 244 valence electrons. The highest BCUT2D eigenvalue weighted by atomic mass is 16.5. The molecule has 0 radical (unpaired) electrons. The lowest BCUT2D eigenvalue weighted by atomic mass is 9.87. The van der Waals surface area contributed by atoms with Crippen molar-refractivity contribution in [1.82, 2.24) is 9.80 Å². The van der Waals surface area contributed by atoms with Gasteiger partial charge in [-0.05, 0) is 91.5 Å². The molecule has 0 unspecified atom stereocenters. The molecule has 47 heavy (non-hydrogen) atoms. The Kier molecular flexibility index (Phi) is 8.95. The SMILES string of the molecule is COc1cc2c(cc1Oc1c(OC)c(OC)cc3c1[C@H](Cc1ccc(Oc4cc(C=O)ccc4O)cc1)N(C)CC3)C(=O)N(C)CC2. The highest BCUT2D eigenvalue weighted by Crippen LogP contribution is 2.51. The van der Waals surface area contributed by atoms with Crippen molar-refractivity contribution in [3.05, 3.63) is 94.0 Å². The first kappa shape index (κ1) is 31.7. The fourth-order valence-corrected chi connectivity index (χ4v) is 6.31. The number of hydrogen-bond acceptors (Lipinski definition) is 9. The molecule has 2 aliphatic heterocycles. The normalized spacial score (nSPS) is 15.8. The van der Waals surface area contributed by atoms with Gasteiger partial charge in [0.2, 0.25) is 5.75 Å². The van der Waals surface area contributed by atoms with Gasteiger partial charge < -0.3 is 33.7 Å². The summed E-state index contributed by atoms with van der Waals surface area (Å²) in [6.07, 6.45) is 2.86. The number of benzene rings is 4. The van der Waals surface area contributed by atoms with Crippen LogP contribution in [0.4, 0.5) is 0 Å². The van der Waals surface area contributed by atoms with Gasteiger partial charge in [0.1, 0.15) is 12.0 Å². The van der Waals surface area contributed by atoms with E-state index >= 15 is 0 Å². The molecular weight excluding hydrogens is 600 g/mol. The maximum atomic E-state index is 13.1. The standard InChI is InChI=1S/C37H38N2O8/c1-38-14-13-25-19-33(44-4)35(45-5)36(47-32-20-27-24(18-31(32)43-3)12-15-39(2)37(27)42)34(25)28(38)16-22-6-9-26(10-7-22)46-30-17-23(21-40)8-11-29(30)41/h6-11,17-21,28,41H,12-16H2,1-5H3/t28-/m0/s1. The van der Waals surface area contributed by atoms with Crippen molar-refractivity contribution in [2.45, 2.75) is 25.3 Å². The monoisotopic (exact) mass is 638 g/mol. The molecule has 1 N–H and O–H groups in total. The summed E-state index contributed by atoms with van der Waals surface area (Å²) in [6.45, 7) is 1.46. The lowest BCUT2D eigenvalue weighted by molar-refractivity contribution is 0.0780. The summed E-state index contributed by atoms with van der Waals surface area (Å²) < 4.78 is 30.1. The number of methoxy groups -OCH3 is 3. The number of likely N-dealkylation sites (N-methyl/N-ethyl adjacent to an activating group) is 2. The van der Waals surface area contributed by atoms with Crippen LogP contribution in [0, 0.1) is 0 Å². The number of hydrogen-bond donors (Lipinski definition) is 1. The summed E-state index contributed by atoms with van der Waals surface area (Å²) >= 11 is 0. The van der Waals surface area contributed by atoms with Crippen molar-refractivity contribution < 1.29 is 38.4 Å². The van der Waals surface area contributed by atoms with Crippen LogP contribution in [0.15, 0.2) is 60.7 Å². The van der Waals surface area contributed by atoms with Crippen LogP contribution in [0.25, 0.3) is 0 Å². The average molecular weight is 639 g/mol. The second-order valence-electron chi connectivity index (χ2n) is 11.8. The maximum absolute atomic E-state index is 13.1. The molecule has 0 aromatic heterocycles. The fraction of sp³-hybridized carbons (Fsp3) is 0.297. The molecule has 0 saturated heterocycles. The van der Waals surface area contributed by atoms with E-state index in [9.17, 15) is 14.7 Å². The first-order valence-electron chi connectivity index (χ1n) is 15.4. The zero-order chi connectivity index (χ0) is 33.2. The number of phenols is 1. The van der Waals surface area contributed by atoms with E-state index in [1.165, 1.54) is 18.2 Å². The van der Waals surface area contributed by atoms with Gasteiger partial charge in [-0.2, -0.15) is 0 Å². The van der Waals surface area contributed by atoms with Crippen LogP contribution in [0.3, 0.4) is 0 Å². The first-order chi connectivity index (χ1) is 22.7. The first-order valence-corrected chi connectivity index (χ1v) is 15.4. The Bertz CT molecular complexity index is 1820. The third kappa shape index (κ3) is 6.16. The molecule has 0 fully saturated rings. The predicted octanol–water partition coefficient (Wildman–Crippen LogP) is 6.21. The minimum atomic E-state index is -0.0926. The Morgan fingerprint density at radius 3 is 2.21 bits per heavy atom. The molecule has 1 amide bonds. The van der Waals surface area contributed by atoms with Crippen molar-refractivity contribution in [2.75, 3.05) is 48.5 Å². The third-order valence-electron chi connectivity index (χ3n) is 8.94. The summed E-state index contributed by atoms with van der Waals surface area (Å²) in [6, 6.07) is 17.7. The number of ether oxygens (including phenoxy) is 5. The van der Waals surface area contributed by atoms with E-state index in [0.29, 0.717) is 64.9 Å². The molecule has 0 spiro atoms. The van der Waals surface area contributed by atoms with E-state index in [1.807, 2.05) is 36.4 Å². The molecule has 2 aliphatic rings. The molecule has 4 aromatic carbocycles. The summed E-state index contributed by atoms with van der Waals surface area (Å²) in [5.74, 6) is 3.09. The van der Waals surface area contributed by atoms with Crippen LogP contribution < -0.4 is 23.7 Å². The van der Waals surface area contributed by atoms with E-state index in [1.54, 1.807) is 39.3 Å². The molecule has 0 aliphatic carbocycles. The predicted molar refractivity (Wildman–Crippen MR) is 176 cm³/mol. The smallest absolute Gasteiger partial charge is 0.254 e. The van der Waals surface area contributed by atoms with Crippen LogP contribution in [0.2, 0.25) is 0 Å². The van der Waals surface area contributed by atoms with Gasteiger partial charge in [-0.3, -0.25) is 14.5 Å². The molecule has 10 heteroatoms. The van der Waals surface area contributed by atoms with Crippen LogP contribution >= 0.6 is 0 Å². The molecule has 10 nitrogen and oxygen atoms in total. The van der Waals surface area contributed by atoms with Crippen molar-refractivity contribution in [2.24, 2.45) is 0 Å². The molecule has 0 bridgehead atoms. The Hall–Kier alpha value is -5.22. The lowest BCUT2D eigenvalue weighted by Gasteiger charge is -2.37. The van der Waals surface area contributed by atoms with Crippen LogP contribution in [0.1, 0.15) is 49.0 Å². The number of aldehydes is 1. The second-order valence-corrected chi connectivity index (χ2v) is 11.8. The van der Waals surface area contributed by atoms with Crippen molar-refractivity contribution in [3.8, 4) is 46.0 Å². The van der Waals surface area contributed by atoms with Gasteiger partial charge in [-0.1, -0.05) is 12.1 Å². The third-order valence-corrected chi connectivity index (χ3v) is 8.94. The van der Waals surface area contributed by atoms with Crippen LogP contribution in [-0.2, 0) is 19.3 Å². The Morgan fingerprint density at radius 1 is 0.787 bits per heavy atom. The van der Waals surface area contributed by atoms with Gasteiger partial charge in [-0.15, -0.1) is 0 Å². The molecule has 0 saturated carbocycles.